The molecule has 1 aromatic carbocycles. The van der Waals surface area contributed by atoms with Crippen molar-refractivity contribution in [3.8, 4) is 17.1 Å². The number of carbonyl (C=O) groups is 1. The fourth-order valence-electron chi connectivity index (χ4n) is 2.05. The van der Waals surface area contributed by atoms with Crippen LogP contribution in [0.5, 0.6) is 5.88 Å². The van der Waals surface area contributed by atoms with E-state index in [9.17, 15) is 4.79 Å². The van der Waals surface area contributed by atoms with E-state index < -0.39 is 0 Å². The topological polar surface area (TPSA) is 64.1 Å². The van der Waals surface area contributed by atoms with E-state index in [1.54, 1.807) is 6.07 Å². The van der Waals surface area contributed by atoms with E-state index in [1.807, 2.05) is 45.0 Å². The number of aromatic nitrogens is 2. The number of benzene rings is 1. The molecule has 0 aliphatic heterocycles. The Morgan fingerprint density at radius 2 is 2.00 bits per heavy atom. The van der Waals surface area contributed by atoms with Crippen molar-refractivity contribution in [1.29, 1.82) is 0 Å². The molecule has 0 aliphatic carbocycles. The van der Waals surface area contributed by atoms with Crippen molar-refractivity contribution in [2.45, 2.75) is 33.6 Å². The van der Waals surface area contributed by atoms with Gasteiger partial charge in [0, 0.05) is 23.7 Å². The van der Waals surface area contributed by atoms with Crippen LogP contribution < -0.4 is 10.1 Å². The van der Waals surface area contributed by atoms with Gasteiger partial charge in [0.05, 0.1) is 12.3 Å². The maximum Gasteiger partial charge on any atom is 0.233 e. The SMILES string of the molecule is CCCC(=O)Nc1cc(-c2ccc(OCC)nn2)ccc1C. The first-order valence-corrected chi connectivity index (χ1v) is 7.51. The molecule has 0 radical (unpaired) electrons. The molecule has 1 aromatic heterocycles. The van der Waals surface area contributed by atoms with Gasteiger partial charge in [0.1, 0.15) is 0 Å². The molecule has 0 unspecified atom stereocenters. The lowest BCUT2D eigenvalue weighted by Crippen LogP contribution is -2.11. The van der Waals surface area contributed by atoms with Crippen LogP contribution in [0.2, 0.25) is 0 Å². The molecule has 0 atom stereocenters. The summed E-state index contributed by atoms with van der Waals surface area (Å²) in [6.07, 6.45) is 1.35. The number of amides is 1. The molecular formula is C17H21N3O2. The quantitative estimate of drug-likeness (QED) is 0.885. The Kier molecular flexibility index (Phi) is 5.47. The van der Waals surface area contributed by atoms with Crippen LogP contribution in [-0.4, -0.2) is 22.7 Å². The van der Waals surface area contributed by atoms with Gasteiger partial charge in [-0.15, -0.1) is 10.2 Å². The van der Waals surface area contributed by atoms with Crippen LogP contribution in [0.15, 0.2) is 30.3 Å². The molecule has 5 nitrogen and oxygen atoms in total. The molecule has 0 aliphatic rings. The summed E-state index contributed by atoms with van der Waals surface area (Å²) in [6, 6.07) is 9.51. The molecule has 0 saturated heterocycles. The van der Waals surface area contributed by atoms with Gasteiger partial charge in [-0.2, -0.15) is 0 Å². The molecule has 2 aromatic rings. The Morgan fingerprint density at radius 3 is 2.64 bits per heavy atom. The molecule has 0 saturated carbocycles. The molecule has 0 fully saturated rings. The first kappa shape index (κ1) is 15.9. The van der Waals surface area contributed by atoms with E-state index in [0.29, 0.717) is 18.9 Å². The van der Waals surface area contributed by atoms with Crippen molar-refractivity contribution < 1.29 is 9.53 Å². The summed E-state index contributed by atoms with van der Waals surface area (Å²) in [7, 11) is 0. The lowest BCUT2D eigenvalue weighted by atomic mass is 10.1. The van der Waals surface area contributed by atoms with Crippen molar-refractivity contribution in [2.75, 3.05) is 11.9 Å². The molecule has 22 heavy (non-hydrogen) atoms. The molecular weight excluding hydrogens is 278 g/mol. The first-order valence-electron chi connectivity index (χ1n) is 7.51. The Morgan fingerprint density at radius 1 is 1.18 bits per heavy atom. The molecule has 0 bridgehead atoms. The van der Waals surface area contributed by atoms with E-state index in [4.69, 9.17) is 4.74 Å². The maximum atomic E-state index is 11.8. The second kappa shape index (κ2) is 7.54. The fraction of sp³-hybridized carbons (Fsp3) is 0.353. The van der Waals surface area contributed by atoms with Crippen LogP contribution in [-0.2, 0) is 4.79 Å². The van der Waals surface area contributed by atoms with Gasteiger partial charge in [0.25, 0.3) is 0 Å². The molecule has 5 heteroatoms. The Balaban J connectivity index is 2.22. The number of anilines is 1. The van der Waals surface area contributed by atoms with Gasteiger partial charge >= 0.3 is 0 Å². The number of ether oxygens (including phenoxy) is 1. The minimum absolute atomic E-state index is 0.0283. The van der Waals surface area contributed by atoms with E-state index in [2.05, 4.69) is 15.5 Å². The second-order valence-corrected chi connectivity index (χ2v) is 5.02. The number of aryl methyl sites for hydroxylation is 1. The zero-order valence-corrected chi connectivity index (χ0v) is 13.2. The molecule has 2 rings (SSSR count). The lowest BCUT2D eigenvalue weighted by molar-refractivity contribution is -0.116. The van der Waals surface area contributed by atoms with Crippen LogP contribution in [0, 0.1) is 6.92 Å². The van der Waals surface area contributed by atoms with Crippen molar-refractivity contribution in [1.82, 2.24) is 10.2 Å². The van der Waals surface area contributed by atoms with Crippen LogP contribution >= 0.6 is 0 Å². The normalized spacial score (nSPS) is 10.3. The van der Waals surface area contributed by atoms with Gasteiger partial charge in [-0.1, -0.05) is 19.1 Å². The van der Waals surface area contributed by atoms with E-state index >= 15 is 0 Å². The molecule has 0 spiro atoms. The average Bonchev–Trinajstić information content (AvgIpc) is 2.51. The molecule has 116 valence electrons. The number of carbonyl (C=O) groups excluding carboxylic acids is 1. The van der Waals surface area contributed by atoms with E-state index in [0.717, 1.165) is 28.9 Å². The minimum atomic E-state index is 0.0283. The van der Waals surface area contributed by atoms with Crippen molar-refractivity contribution in [3.63, 3.8) is 0 Å². The Hall–Kier alpha value is -2.43. The first-order chi connectivity index (χ1) is 10.6. The maximum absolute atomic E-state index is 11.8. The third-order valence-corrected chi connectivity index (χ3v) is 3.22. The zero-order valence-electron chi connectivity index (χ0n) is 13.2. The summed E-state index contributed by atoms with van der Waals surface area (Å²) in [5.74, 6) is 0.537. The van der Waals surface area contributed by atoms with Gasteiger partial charge in [-0.05, 0) is 38.0 Å². The highest BCUT2D eigenvalue weighted by Crippen LogP contribution is 2.24. The van der Waals surface area contributed by atoms with Gasteiger partial charge < -0.3 is 10.1 Å². The van der Waals surface area contributed by atoms with Gasteiger partial charge in [0.2, 0.25) is 11.8 Å². The fourth-order valence-corrected chi connectivity index (χ4v) is 2.05. The predicted octanol–water partition coefficient (Wildman–Crippen LogP) is 3.59. The largest absolute Gasteiger partial charge is 0.477 e. The molecule has 1 amide bonds. The van der Waals surface area contributed by atoms with Crippen molar-refractivity contribution >= 4 is 11.6 Å². The third-order valence-electron chi connectivity index (χ3n) is 3.22. The van der Waals surface area contributed by atoms with Crippen LogP contribution in [0.25, 0.3) is 11.3 Å². The smallest absolute Gasteiger partial charge is 0.233 e. The summed E-state index contributed by atoms with van der Waals surface area (Å²) in [5, 5.41) is 11.1. The monoisotopic (exact) mass is 299 g/mol. The lowest BCUT2D eigenvalue weighted by Gasteiger charge is -2.10. The summed E-state index contributed by atoms with van der Waals surface area (Å²) < 4.78 is 5.29. The van der Waals surface area contributed by atoms with E-state index in [-0.39, 0.29) is 5.91 Å². The van der Waals surface area contributed by atoms with Gasteiger partial charge in [0.15, 0.2) is 0 Å². The highest BCUT2D eigenvalue weighted by atomic mass is 16.5. The average molecular weight is 299 g/mol. The van der Waals surface area contributed by atoms with E-state index in [1.165, 1.54) is 0 Å². The standard InChI is InChI=1S/C17H21N3O2/c1-4-6-16(21)18-15-11-13(8-7-12(15)3)14-9-10-17(20-19-14)22-5-2/h7-11H,4-6H2,1-3H3,(H,18,21). The second-order valence-electron chi connectivity index (χ2n) is 5.02. The van der Waals surface area contributed by atoms with Gasteiger partial charge in [-0.25, -0.2) is 0 Å². The summed E-state index contributed by atoms with van der Waals surface area (Å²) in [4.78, 5) is 11.8. The Labute approximate surface area is 130 Å². The third kappa shape index (κ3) is 4.04. The van der Waals surface area contributed by atoms with Gasteiger partial charge in [-0.3, -0.25) is 4.79 Å². The molecule has 1 N–H and O–H groups in total. The van der Waals surface area contributed by atoms with Crippen LogP contribution in [0.3, 0.4) is 0 Å². The summed E-state index contributed by atoms with van der Waals surface area (Å²) >= 11 is 0. The van der Waals surface area contributed by atoms with Crippen LogP contribution in [0.4, 0.5) is 5.69 Å². The summed E-state index contributed by atoms with van der Waals surface area (Å²) in [6.45, 7) is 6.42. The highest BCUT2D eigenvalue weighted by molar-refractivity contribution is 5.92. The van der Waals surface area contributed by atoms with Crippen molar-refractivity contribution in [3.05, 3.63) is 35.9 Å². The number of hydrogen-bond acceptors (Lipinski definition) is 4. The number of hydrogen-bond donors (Lipinski definition) is 1. The summed E-state index contributed by atoms with van der Waals surface area (Å²) in [5.41, 5.74) is 3.49. The minimum Gasteiger partial charge on any atom is -0.477 e. The highest BCUT2D eigenvalue weighted by Gasteiger charge is 2.07. The number of nitrogens with zero attached hydrogens (tertiary/aromatic N) is 2. The number of nitrogens with one attached hydrogen (secondary N) is 1. The van der Waals surface area contributed by atoms with Crippen LogP contribution in [0.1, 0.15) is 32.3 Å². The number of rotatable bonds is 6. The molecule has 1 heterocycles. The zero-order chi connectivity index (χ0) is 15.9. The Bertz CT molecular complexity index is 639. The van der Waals surface area contributed by atoms with Crippen molar-refractivity contribution in [2.24, 2.45) is 0 Å². The predicted molar refractivity (Wildman–Crippen MR) is 86.9 cm³/mol.